The second kappa shape index (κ2) is 12.6. The number of hydrogen-bond donors (Lipinski definition) is 1. The lowest BCUT2D eigenvalue weighted by Gasteiger charge is -2.30. The van der Waals surface area contributed by atoms with E-state index in [0.29, 0.717) is 12.6 Å². The van der Waals surface area contributed by atoms with Gasteiger partial charge in [-0.2, -0.15) is 0 Å². The van der Waals surface area contributed by atoms with Crippen LogP contribution in [-0.2, 0) is 0 Å². The number of benzene rings is 1. The summed E-state index contributed by atoms with van der Waals surface area (Å²) in [6.45, 7) is 10.9. The summed E-state index contributed by atoms with van der Waals surface area (Å²) >= 11 is 0. The minimum atomic E-state index is 0.470. The van der Waals surface area contributed by atoms with Gasteiger partial charge >= 0.3 is 0 Å². The normalized spacial score (nSPS) is 18.3. The van der Waals surface area contributed by atoms with Crippen molar-refractivity contribution in [2.75, 3.05) is 58.8 Å². The number of nitrogens with zero attached hydrogens (tertiary/aromatic N) is 3. The Kier molecular flexibility index (Phi) is 9.27. The van der Waals surface area contributed by atoms with Crippen molar-refractivity contribution in [2.45, 2.75) is 64.8 Å². The van der Waals surface area contributed by atoms with Crippen molar-refractivity contribution in [3.63, 3.8) is 0 Å². The van der Waals surface area contributed by atoms with Crippen LogP contribution in [0.25, 0.3) is 16.5 Å². The molecule has 0 radical (unpaired) electrons. The van der Waals surface area contributed by atoms with E-state index in [4.69, 9.17) is 14.5 Å². The van der Waals surface area contributed by atoms with E-state index in [2.05, 4.69) is 60.3 Å². The summed E-state index contributed by atoms with van der Waals surface area (Å²) in [6, 6.07) is 6.89. The summed E-state index contributed by atoms with van der Waals surface area (Å²) in [6.07, 6.45) is 10.3. The quantitative estimate of drug-likeness (QED) is 0.409. The van der Waals surface area contributed by atoms with Gasteiger partial charge in [-0.3, -0.25) is 0 Å². The maximum Gasteiger partial charge on any atom is 0.163 e. The van der Waals surface area contributed by atoms with Gasteiger partial charge in [-0.05, 0) is 95.9 Å². The molecule has 4 rings (SSSR count). The number of rotatable bonds is 11. The zero-order valence-corrected chi connectivity index (χ0v) is 22.2. The highest BCUT2D eigenvalue weighted by Crippen LogP contribution is 2.37. The number of hydrogen-bond acceptors (Lipinski definition) is 6. The summed E-state index contributed by atoms with van der Waals surface area (Å²) in [4.78, 5) is 10.0. The summed E-state index contributed by atoms with van der Waals surface area (Å²) < 4.78 is 12.0. The monoisotopic (exact) mass is 480 g/mol. The van der Waals surface area contributed by atoms with E-state index in [-0.39, 0.29) is 0 Å². The molecule has 6 nitrogen and oxygen atoms in total. The molecule has 0 aliphatic carbocycles. The summed E-state index contributed by atoms with van der Waals surface area (Å²) in [5, 5.41) is 4.96. The van der Waals surface area contributed by atoms with E-state index < -0.39 is 0 Å². The number of piperidine rings is 1. The summed E-state index contributed by atoms with van der Waals surface area (Å²) in [5.41, 5.74) is 4.46. The zero-order valence-electron chi connectivity index (χ0n) is 22.2. The third-order valence-electron chi connectivity index (χ3n) is 7.41. The molecule has 0 bridgehead atoms. The maximum atomic E-state index is 6.24. The molecule has 2 aromatic rings. The standard InChI is InChI=1S/C29H44N4O2/c1-5-10-22(6-2)25-20-26(30-23-11-16-32(3)17-12-23)24-19-28(34-4)29(21-27(24)31-25)35-18-9-15-33-13-7-8-14-33/h10,19-21,23H,5-9,11-18H2,1-4H3,(H,30,31)/b22-10+. The molecule has 2 aliphatic rings. The highest BCUT2D eigenvalue weighted by atomic mass is 16.5. The van der Waals surface area contributed by atoms with E-state index in [0.717, 1.165) is 85.5 Å². The van der Waals surface area contributed by atoms with Crippen LogP contribution < -0.4 is 14.8 Å². The molecule has 35 heavy (non-hydrogen) atoms. The van der Waals surface area contributed by atoms with Crippen molar-refractivity contribution < 1.29 is 9.47 Å². The van der Waals surface area contributed by atoms with Crippen molar-refractivity contribution >= 4 is 22.2 Å². The predicted molar refractivity (Wildman–Crippen MR) is 147 cm³/mol. The van der Waals surface area contributed by atoms with Crippen LogP contribution in [0.1, 0.15) is 64.5 Å². The first kappa shape index (κ1) is 25.8. The van der Waals surface area contributed by atoms with Crippen molar-refractivity contribution in [2.24, 2.45) is 0 Å². The first-order chi connectivity index (χ1) is 17.1. The molecular weight excluding hydrogens is 436 g/mol. The molecule has 2 fully saturated rings. The van der Waals surface area contributed by atoms with Crippen LogP contribution in [-0.4, -0.2) is 74.3 Å². The number of likely N-dealkylation sites (tertiary alicyclic amines) is 2. The Balaban J connectivity index is 1.61. The number of pyridine rings is 1. The zero-order chi connectivity index (χ0) is 24.6. The second-order valence-corrected chi connectivity index (χ2v) is 10.0. The molecule has 2 saturated heterocycles. The third kappa shape index (κ3) is 6.68. The second-order valence-electron chi connectivity index (χ2n) is 10.0. The number of fused-ring (bicyclic) bond motifs is 1. The van der Waals surface area contributed by atoms with Crippen LogP contribution in [0.2, 0.25) is 0 Å². The Bertz CT molecular complexity index is 992. The highest BCUT2D eigenvalue weighted by molar-refractivity contribution is 5.95. The fourth-order valence-corrected chi connectivity index (χ4v) is 5.32. The number of ether oxygens (including phenoxy) is 2. The van der Waals surface area contributed by atoms with Gasteiger partial charge < -0.3 is 24.6 Å². The van der Waals surface area contributed by atoms with E-state index in [1.807, 2.05) is 0 Å². The van der Waals surface area contributed by atoms with Crippen molar-refractivity contribution in [3.8, 4) is 11.5 Å². The summed E-state index contributed by atoms with van der Waals surface area (Å²) in [7, 11) is 3.93. The predicted octanol–water partition coefficient (Wildman–Crippen LogP) is 5.82. The van der Waals surface area contributed by atoms with Gasteiger partial charge in [0.05, 0.1) is 24.9 Å². The molecular formula is C29H44N4O2. The van der Waals surface area contributed by atoms with Crippen molar-refractivity contribution in [3.05, 3.63) is 30.0 Å². The maximum absolute atomic E-state index is 6.24. The molecule has 192 valence electrons. The first-order valence-corrected chi connectivity index (χ1v) is 13.6. The van der Waals surface area contributed by atoms with Crippen LogP contribution in [0, 0.1) is 0 Å². The van der Waals surface area contributed by atoms with Crippen molar-refractivity contribution in [1.82, 2.24) is 14.8 Å². The van der Waals surface area contributed by atoms with Gasteiger partial charge in [0.25, 0.3) is 0 Å². The van der Waals surface area contributed by atoms with Gasteiger partial charge in [0.1, 0.15) is 0 Å². The molecule has 0 saturated carbocycles. The smallest absolute Gasteiger partial charge is 0.163 e. The van der Waals surface area contributed by atoms with E-state index in [1.165, 1.54) is 31.5 Å². The fraction of sp³-hybridized carbons (Fsp3) is 0.621. The number of anilines is 1. The first-order valence-electron chi connectivity index (χ1n) is 13.6. The van der Waals surface area contributed by atoms with Crippen LogP contribution in [0.3, 0.4) is 0 Å². The van der Waals surface area contributed by atoms with Gasteiger partial charge in [0.2, 0.25) is 0 Å². The molecule has 0 spiro atoms. The van der Waals surface area contributed by atoms with E-state index in [9.17, 15) is 0 Å². The van der Waals surface area contributed by atoms with Gasteiger partial charge in [0, 0.05) is 29.7 Å². The Morgan fingerprint density at radius 1 is 1.09 bits per heavy atom. The minimum absolute atomic E-state index is 0.470. The molecule has 1 aromatic heterocycles. The lowest BCUT2D eigenvalue weighted by atomic mass is 10.0. The number of methoxy groups -OCH3 is 1. The van der Waals surface area contributed by atoms with Crippen molar-refractivity contribution in [1.29, 1.82) is 0 Å². The number of nitrogens with one attached hydrogen (secondary N) is 1. The Morgan fingerprint density at radius 2 is 1.86 bits per heavy atom. The van der Waals surface area contributed by atoms with Gasteiger partial charge in [-0.25, -0.2) is 4.98 Å². The average Bonchev–Trinajstić information content (AvgIpc) is 3.39. The van der Waals surface area contributed by atoms with Gasteiger partial charge in [-0.15, -0.1) is 0 Å². The molecule has 6 heteroatoms. The van der Waals surface area contributed by atoms with E-state index in [1.54, 1.807) is 7.11 Å². The third-order valence-corrected chi connectivity index (χ3v) is 7.41. The number of allylic oxidation sites excluding steroid dienone is 2. The van der Waals surface area contributed by atoms with Crippen LogP contribution in [0.4, 0.5) is 5.69 Å². The Morgan fingerprint density at radius 3 is 2.54 bits per heavy atom. The van der Waals surface area contributed by atoms with Crippen LogP contribution in [0.5, 0.6) is 11.5 Å². The molecule has 1 N–H and O–H groups in total. The van der Waals surface area contributed by atoms with Gasteiger partial charge in [-0.1, -0.05) is 19.9 Å². The Hall–Kier alpha value is -2.31. The molecule has 2 aliphatic heterocycles. The lowest BCUT2D eigenvalue weighted by Crippen LogP contribution is -2.36. The molecule has 0 amide bonds. The summed E-state index contributed by atoms with van der Waals surface area (Å²) in [5.74, 6) is 1.56. The SMILES string of the molecule is CC/C=C(\CC)c1cc(NC2CCN(C)CC2)c2cc(OC)c(OCCCN3CCCC3)cc2n1. The van der Waals surface area contributed by atoms with Gasteiger partial charge in [0.15, 0.2) is 11.5 Å². The van der Waals surface area contributed by atoms with E-state index >= 15 is 0 Å². The molecule has 1 aromatic carbocycles. The average molecular weight is 481 g/mol. The minimum Gasteiger partial charge on any atom is -0.493 e. The van der Waals surface area contributed by atoms with Crippen LogP contribution in [0.15, 0.2) is 24.3 Å². The van der Waals surface area contributed by atoms with Crippen LogP contribution >= 0.6 is 0 Å². The molecule has 0 atom stereocenters. The highest BCUT2D eigenvalue weighted by Gasteiger charge is 2.20. The Labute approximate surface area is 211 Å². The number of aromatic nitrogens is 1. The largest absolute Gasteiger partial charge is 0.493 e. The molecule has 3 heterocycles. The molecule has 0 unspecified atom stereocenters. The fourth-order valence-electron chi connectivity index (χ4n) is 5.32. The topological polar surface area (TPSA) is 49.9 Å². The lowest BCUT2D eigenvalue weighted by molar-refractivity contribution is 0.254.